The van der Waals surface area contributed by atoms with Gasteiger partial charge in [0.1, 0.15) is 18.2 Å². The second-order valence-electron chi connectivity index (χ2n) is 6.86. The highest BCUT2D eigenvalue weighted by Gasteiger charge is 2.17. The number of anilines is 1. The molecule has 0 heterocycles. The van der Waals surface area contributed by atoms with Gasteiger partial charge < -0.3 is 15.4 Å². The highest BCUT2D eigenvalue weighted by molar-refractivity contribution is 5.91. The third-order valence-electron chi connectivity index (χ3n) is 4.38. The van der Waals surface area contributed by atoms with Gasteiger partial charge in [-0.15, -0.1) is 0 Å². The molecule has 3 aromatic carbocycles. The zero-order valence-corrected chi connectivity index (χ0v) is 16.6. The molecule has 0 bridgehead atoms. The summed E-state index contributed by atoms with van der Waals surface area (Å²) in [4.78, 5) is 24.1. The molecule has 3 aromatic rings. The lowest BCUT2D eigenvalue weighted by molar-refractivity contribution is -0.120. The zero-order valence-electron chi connectivity index (χ0n) is 16.6. The lowest BCUT2D eigenvalue weighted by Crippen LogP contribution is -2.29. The second kappa shape index (κ2) is 10.2. The monoisotopic (exact) mass is 406 g/mol. The number of amides is 2. The Hall–Kier alpha value is -3.67. The van der Waals surface area contributed by atoms with Crippen LogP contribution in [0.5, 0.6) is 5.75 Å². The van der Waals surface area contributed by atoms with E-state index in [-0.39, 0.29) is 30.7 Å². The molecule has 3 rings (SSSR count). The average molecular weight is 406 g/mol. The van der Waals surface area contributed by atoms with Gasteiger partial charge in [-0.1, -0.05) is 48.5 Å². The van der Waals surface area contributed by atoms with Crippen LogP contribution in [0.1, 0.15) is 30.5 Å². The fourth-order valence-electron chi connectivity index (χ4n) is 3.04. The van der Waals surface area contributed by atoms with Crippen LogP contribution < -0.4 is 15.4 Å². The van der Waals surface area contributed by atoms with E-state index in [1.807, 2.05) is 42.5 Å². The van der Waals surface area contributed by atoms with Crippen molar-refractivity contribution in [2.75, 3.05) is 5.32 Å². The molecule has 30 heavy (non-hydrogen) atoms. The van der Waals surface area contributed by atoms with Crippen molar-refractivity contribution >= 4 is 17.5 Å². The van der Waals surface area contributed by atoms with E-state index in [0.717, 1.165) is 11.1 Å². The highest BCUT2D eigenvalue weighted by Crippen LogP contribution is 2.19. The van der Waals surface area contributed by atoms with Crippen molar-refractivity contribution in [3.05, 3.63) is 95.8 Å². The topological polar surface area (TPSA) is 67.4 Å². The molecule has 0 aliphatic rings. The molecule has 1 atom stereocenters. The van der Waals surface area contributed by atoms with Gasteiger partial charge in [0, 0.05) is 18.7 Å². The summed E-state index contributed by atoms with van der Waals surface area (Å²) in [5.41, 5.74) is 2.31. The summed E-state index contributed by atoms with van der Waals surface area (Å²) in [6, 6.07) is 22.1. The zero-order chi connectivity index (χ0) is 21.3. The molecule has 0 spiro atoms. The van der Waals surface area contributed by atoms with E-state index >= 15 is 0 Å². The summed E-state index contributed by atoms with van der Waals surface area (Å²) >= 11 is 0. The van der Waals surface area contributed by atoms with Crippen molar-refractivity contribution in [1.82, 2.24) is 5.32 Å². The number of nitrogens with one attached hydrogen (secondary N) is 2. The Balaban J connectivity index is 1.61. The first kappa shape index (κ1) is 21.0. The quantitative estimate of drug-likeness (QED) is 0.574. The number of ether oxygens (including phenoxy) is 1. The SMILES string of the molecule is CC(=O)NC(CC(=O)Nc1cccc(COc2cccc(F)c2)c1)c1ccccc1. The summed E-state index contributed by atoms with van der Waals surface area (Å²) in [5.74, 6) is -0.347. The molecule has 154 valence electrons. The summed E-state index contributed by atoms with van der Waals surface area (Å²) in [5, 5.41) is 5.67. The fraction of sp³-hybridized carbons (Fsp3) is 0.167. The van der Waals surface area contributed by atoms with Crippen LogP contribution in [0.3, 0.4) is 0 Å². The maximum atomic E-state index is 13.3. The van der Waals surface area contributed by atoms with Gasteiger partial charge in [0.25, 0.3) is 0 Å². The normalized spacial score (nSPS) is 11.4. The van der Waals surface area contributed by atoms with Crippen molar-refractivity contribution in [1.29, 1.82) is 0 Å². The highest BCUT2D eigenvalue weighted by atomic mass is 19.1. The van der Waals surface area contributed by atoms with Gasteiger partial charge in [0.05, 0.1) is 12.5 Å². The lowest BCUT2D eigenvalue weighted by atomic mass is 10.0. The number of halogens is 1. The number of hydrogen-bond acceptors (Lipinski definition) is 3. The van der Waals surface area contributed by atoms with Gasteiger partial charge in [-0.25, -0.2) is 4.39 Å². The molecule has 0 radical (unpaired) electrons. The summed E-state index contributed by atoms with van der Waals surface area (Å²) in [6.45, 7) is 1.67. The Morgan fingerprint density at radius 3 is 2.47 bits per heavy atom. The molecule has 0 saturated carbocycles. The van der Waals surface area contributed by atoms with E-state index in [1.165, 1.54) is 19.1 Å². The van der Waals surface area contributed by atoms with E-state index < -0.39 is 6.04 Å². The molecule has 2 N–H and O–H groups in total. The third kappa shape index (κ3) is 6.44. The first-order valence-corrected chi connectivity index (χ1v) is 9.59. The lowest BCUT2D eigenvalue weighted by Gasteiger charge is -2.18. The first-order chi connectivity index (χ1) is 14.5. The maximum Gasteiger partial charge on any atom is 0.226 e. The Morgan fingerprint density at radius 1 is 0.967 bits per heavy atom. The molecule has 0 aromatic heterocycles. The number of carbonyl (C=O) groups excluding carboxylic acids is 2. The smallest absolute Gasteiger partial charge is 0.226 e. The molecule has 2 amide bonds. The second-order valence-corrected chi connectivity index (χ2v) is 6.86. The Kier molecular flexibility index (Phi) is 7.16. The Labute approximate surface area is 174 Å². The van der Waals surface area contributed by atoms with Gasteiger partial charge in [0.15, 0.2) is 0 Å². The van der Waals surface area contributed by atoms with E-state index in [4.69, 9.17) is 4.74 Å². The Bertz CT molecular complexity index is 1010. The first-order valence-electron chi connectivity index (χ1n) is 9.59. The van der Waals surface area contributed by atoms with Gasteiger partial charge in [0.2, 0.25) is 11.8 Å². The fourth-order valence-corrected chi connectivity index (χ4v) is 3.04. The van der Waals surface area contributed by atoms with Crippen LogP contribution in [0.25, 0.3) is 0 Å². The average Bonchev–Trinajstić information content (AvgIpc) is 2.72. The minimum atomic E-state index is -0.414. The number of benzene rings is 3. The molecule has 6 heteroatoms. The van der Waals surface area contributed by atoms with E-state index in [0.29, 0.717) is 11.4 Å². The third-order valence-corrected chi connectivity index (χ3v) is 4.38. The van der Waals surface area contributed by atoms with Crippen LogP contribution in [0.15, 0.2) is 78.9 Å². The van der Waals surface area contributed by atoms with Crippen LogP contribution in [0.2, 0.25) is 0 Å². The van der Waals surface area contributed by atoms with Crippen LogP contribution in [0, 0.1) is 5.82 Å². The van der Waals surface area contributed by atoms with Crippen LogP contribution in [0.4, 0.5) is 10.1 Å². The molecule has 0 aliphatic carbocycles. The molecule has 0 saturated heterocycles. The van der Waals surface area contributed by atoms with Crippen LogP contribution in [-0.4, -0.2) is 11.8 Å². The largest absolute Gasteiger partial charge is 0.489 e. The standard InChI is InChI=1S/C24H23FN2O3/c1-17(28)26-23(19-8-3-2-4-9-19)15-24(29)27-21-11-5-7-18(13-21)16-30-22-12-6-10-20(25)14-22/h2-14,23H,15-16H2,1H3,(H,26,28)(H,27,29). The molecular formula is C24H23FN2O3. The predicted molar refractivity (Wildman–Crippen MR) is 113 cm³/mol. The van der Waals surface area contributed by atoms with Gasteiger partial charge in [-0.05, 0) is 35.4 Å². The number of hydrogen-bond donors (Lipinski definition) is 2. The predicted octanol–water partition coefficient (Wildman–Crippen LogP) is 4.61. The van der Waals surface area contributed by atoms with Gasteiger partial charge in [-0.2, -0.15) is 0 Å². The minimum absolute atomic E-state index is 0.105. The summed E-state index contributed by atoms with van der Waals surface area (Å²) in [7, 11) is 0. The molecule has 1 unspecified atom stereocenters. The Morgan fingerprint density at radius 2 is 1.73 bits per heavy atom. The van der Waals surface area contributed by atoms with E-state index in [2.05, 4.69) is 10.6 Å². The molecular weight excluding hydrogens is 383 g/mol. The van der Waals surface area contributed by atoms with E-state index in [1.54, 1.807) is 24.3 Å². The van der Waals surface area contributed by atoms with Crippen molar-refractivity contribution in [2.45, 2.75) is 26.0 Å². The van der Waals surface area contributed by atoms with Crippen LogP contribution in [-0.2, 0) is 16.2 Å². The van der Waals surface area contributed by atoms with Crippen LogP contribution >= 0.6 is 0 Å². The van der Waals surface area contributed by atoms with Crippen molar-refractivity contribution in [2.24, 2.45) is 0 Å². The minimum Gasteiger partial charge on any atom is -0.489 e. The van der Waals surface area contributed by atoms with E-state index in [9.17, 15) is 14.0 Å². The van der Waals surface area contributed by atoms with Crippen molar-refractivity contribution < 1.29 is 18.7 Å². The number of carbonyl (C=O) groups is 2. The molecule has 5 nitrogen and oxygen atoms in total. The summed E-state index contributed by atoms with van der Waals surface area (Å²) < 4.78 is 18.9. The molecule has 0 aliphatic heterocycles. The van der Waals surface area contributed by atoms with Crippen molar-refractivity contribution in [3.63, 3.8) is 0 Å². The summed E-state index contributed by atoms with van der Waals surface area (Å²) in [6.07, 6.45) is 0.105. The van der Waals surface area contributed by atoms with Gasteiger partial charge >= 0.3 is 0 Å². The maximum absolute atomic E-state index is 13.3. The van der Waals surface area contributed by atoms with Crippen molar-refractivity contribution in [3.8, 4) is 5.75 Å². The molecule has 0 fully saturated rings. The number of rotatable bonds is 8. The van der Waals surface area contributed by atoms with Gasteiger partial charge in [-0.3, -0.25) is 9.59 Å².